The Hall–Kier alpha value is -3.02. The van der Waals surface area contributed by atoms with Gasteiger partial charge in [0.25, 0.3) is 0 Å². The number of hydrogen-bond acceptors (Lipinski definition) is 4. The standard InChI is InChI=1S/C18H16F2N4/c1-11-5-3-6-13(9-11)22-18-21-12(2)10-16(24-18)23-17-14(19)7-4-8-15(17)20/h3-10H,1-2H3,(H2,21,22,23,24). The summed E-state index contributed by atoms with van der Waals surface area (Å²) in [6.07, 6.45) is 0. The Bertz CT molecular complexity index is 860. The molecular formula is C18H16F2N4. The van der Waals surface area contributed by atoms with Crippen molar-refractivity contribution in [3.8, 4) is 0 Å². The van der Waals surface area contributed by atoms with Crippen LogP contribution >= 0.6 is 0 Å². The Morgan fingerprint density at radius 3 is 2.25 bits per heavy atom. The van der Waals surface area contributed by atoms with E-state index in [4.69, 9.17) is 0 Å². The zero-order valence-corrected chi connectivity index (χ0v) is 13.3. The molecule has 0 aliphatic heterocycles. The summed E-state index contributed by atoms with van der Waals surface area (Å²) in [5.41, 5.74) is 2.36. The van der Waals surface area contributed by atoms with Crippen molar-refractivity contribution in [1.29, 1.82) is 0 Å². The van der Waals surface area contributed by atoms with Crippen molar-refractivity contribution in [3.05, 3.63) is 71.4 Å². The van der Waals surface area contributed by atoms with Crippen LogP contribution in [0.1, 0.15) is 11.3 Å². The van der Waals surface area contributed by atoms with Crippen molar-refractivity contribution in [1.82, 2.24) is 9.97 Å². The van der Waals surface area contributed by atoms with Crippen LogP contribution in [-0.2, 0) is 0 Å². The van der Waals surface area contributed by atoms with Crippen molar-refractivity contribution < 1.29 is 8.78 Å². The maximum absolute atomic E-state index is 13.8. The highest BCUT2D eigenvalue weighted by atomic mass is 19.1. The van der Waals surface area contributed by atoms with Gasteiger partial charge in [0.05, 0.1) is 0 Å². The fourth-order valence-corrected chi connectivity index (χ4v) is 2.29. The molecular weight excluding hydrogens is 310 g/mol. The lowest BCUT2D eigenvalue weighted by atomic mass is 10.2. The molecule has 4 nitrogen and oxygen atoms in total. The Kier molecular flexibility index (Phi) is 4.37. The van der Waals surface area contributed by atoms with Crippen LogP contribution in [0.4, 0.5) is 31.9 Å². The van der Waals surface area contributed by atoms with Gasteiger partial charge in [-0.15, -0.1) is 0 Å². The minimum Gasteiger partial charge on any atom is -0.335 e. The molecule has 0 aliphatic rings. The maximum Gasteiger partial charge on any atom is 0.229 e. The number of nitrogens with one attached hydrogen (secondary N) is 2. The molecule has 0 spiro atoms. The minimum absolute atomic E-state index is 0.239. The predicted octanol–water partition coefficient (Wildman–Crippen LogP) is 4.86. The highest BCUT2D eigenvalue weighted by Crippen LogP contribution is 2.24. The van der Waals surface area contributed by atoms with E-state index in [-0.39, 0.29) is 5.69 Å². The number of benzene rings is 2. The van der Waals surface area contributed by atoms with E-state index in [9.17, 15) is 8.78 Å². The fourth-order valence-electron chi connectivity index (χ4n) is 2.29. The number of anilines is 4. The minimum atomic E-state index is -0.681. The van der Waals surface area contributed by atoms with Gasteiger partial charge < -0.3 is 10.6 Å². The van der Waals surface area contributed by atoms with Gasteiger partial charge in [-0.25, -0.2) is 13.8 Å². The molecule has 122 valence electrons. The van der Waals surface area contributed by atoms with Crippen LogP contribution in [0.2, 0.25) is 0 Å². The summed E-state index contributed by atoms with van der Waals surface area (Å²) < 4.78 is 27.5. The van der Waals surface area contributed by atoms with Crippen molar-refractivity contribution in [2.75, 3.05) is 10.6 Å². The number of nitrogens with zero attached hydrogens (tertiary/aromatic N) is 2. The first-order valence-electron chi connectivity index (χ1n) is 7.42. The lowest BCUT2D eigenvalue weighted by molar-refractivity contribution is 0.590. The lowest BCUT2D eigenvalue weighted by Gasteiger charge is -2.11. The molecule has 1 aromatic heterocycles. The Balaban J connectivity index is 1.89. The second-order valence-electron chi connectivity index (χ2n) is 5.43. The molecule has 2 N–H and O–H groups in total. The molecule has 0 saturated carbocycles. The van der Waals surface area contributed by atoms with Gasteiger partial charge in [0, 0.05) is 17.4 Å². The van der Waals surface area contributed by atoms with Gasteiger partial charge in [-0.05, 0) is 43.7 Å². The van der Waals surface area contributed by atoms with Crippen molar-refractivity contribution >= 4 is 23.1 Å². The fraction of sp³-hybridized carbons (Fsp3) is 0.111. The second kappa shape index (κ2) is 6.62. The van der Waals surface area contributed by atoms with E-state index in [0.717, 1.165) is 11.3 Å². The third-order valence-electron chi connectivity index (χ3n) is 3.34. The van der Waals surface area contributed by atoms with Gasteiger partial charge in [-0.2, -0.15) is 4.98 Å². The van der Waals surface area contributed by atoms with E-state index >= 15 is 0 Å². The number of rotatable bonds is 4. The van der Waals surface area contributed by atoms with Gasteiger partial charge in [-0.3, -0.25) is 0 Å². The molecule has 0 unspecified atom stereocenters. The zero-order chi connectivity index (χ0) is 17.1. The summed E-state index contributed by atoms with van der Waals surface area (Å²) in [5.74, 6) is -0.708. The predicted molar refractivity (Wildman–Crippen MR) is 90.9 cm³/mol. The Labute approximate surface area is 138 Å². The molecule has 0 amide bonds. The largest absolute Gasteiger partial charge is 0.335 e. The van der Waals surface area contributed by atoms with Crippen molar-refractivity contribution in [2.24, 2.45) is 0 Å². The molecule has 0 atom stereocenters. The van der Waals surface area contributed by atoms with Crippen molar-refractivity contribution in [3.63, 3.8) is 0 Å². The van der Waals surface area contributed by atoms with Crippen LogP contribution in [0.15, 0.2) is 48.5 Å². The van der Waals surface area contributed by atoms with Gasteiger partial charge in [-0.1, -0.05) is 18.2 Å². The van der Waals surface area contributed by atoms with Gasteiger partial charge in [0.15, 0.2) is 0 Å². The van der Waals surface area contributed by atoms with Crippen molar-refractivity contribution in [2.45, 2.75) is 13.8 Å². The summed E-state index contributed by atoms with van der Waals surface area (Å²) in [7, 11) is 0. The number of hydrogen-bond donors (Lipinski definition) is 2. The van der Waals surface area contributed by atoms with Crippen LogP contribution in [0, 0.1) is 25.5 Å². The van der Waals surface area contributed by atoms with E-state index in [1.54, 1.807) is 13.0 Å². The molecule has 1 heterocycles. The smallest absolute Gasteiger partial charge is 0.229 e. The average molecular weight is 326 g/mol. The third kappa shape index (κ3) is 3.65. The van der Waals surface area contributed by atoms with E-state index in [1.807, 2.05) is 31.2 Å². The number of aromatic nitrogens is 2. The van der Waals surface area contributed by atoms with Crippen LogP contribution in [0.25, 0.3) is 0 Å². The lowest BCUT2D eigenvalue weighted by Crippen LogP contribution is -2.04. The topological polar surface area (TPSA) is 49.8 Å². The van der Waals surface area contributed by atoms with Crippen LogP contribution in [-0.4, -0.2) is 9.97 Å². The SMILES string of the molecule is Cc1cccc(Nc2nc(C)cc(Nc3c(F)cccc3F)n2)c1. The first-order valence-corrected chi connectivity index (χ1v) is 7.42. The summed E-state index contributed by atoms with van der Waals surface area (Å²) in [4.78, 5) is 8.56. The van der Waals surface area contributed by atoms with Gasteiger partial charge >= 0.3 is 0 Å². The summed E-state index contributed by atoms with van der Waals surface area (Å²) in [6.45, 7) is 3.77. The second-order valence-corrected chi connectivity index (χ2v) is 5.43. The number of halogens is 2. The quantitative estimate of drug-likeness (QED) is 0.719. The highest BCUT2D eigenvalue weighted by Gasteiger charge is 2.10. The number of aryl methyl sites for hydroxylation is 2. The van der Waals surface area contributed by atoms with Gasteiger partial charge in [0.2, 0.25) is 5.95 Å². The Morgan fingerprint density at radius 1 is 0.833 bits per heavy atom. The molecule has 0 saturated heterocycles. The monoisotopic (exact) mass is 326 g/mol. The molecule has 3 rings (SSSR count). The molecule has 24 heavy (non-hydrogen) atoms. The van der Waals surface area contributed by atoms with E-state index in [2.05, 4.69) is 20.6 Å². The zero-order valence-electron chi connectivity index (χ0n) is 13.3. The molecule has 0 bridgehead atoms. The van der Waals surface area contributed by atoms with E-state index < -0.39 is 11.6 Å². The third-order valence-corrected chi connectivity index (χ3v) is 3.34. The van der Waals surface area contributed by atoms with Gasteiger partial charge in [0.1, 0.15) is 23.1 Å². The summed E-state index contributed by atoms with van der Waals surface area (Å²) in [5, 5.41) is 5.77. The molecule has 0 radical (unpaired) electrons. The first-order chi connectivity index (χ1) is 11.5. The van der Waals surface area contributed by atoms with E-state index in [1.165, 1.54) is 18.2 Å². The molecule has 0 aliphatic carbocycles. The highest BCUT2D eigenvalue weighted by molar-refractivity contribution is 5.61. The van der Waals surface area contributed by atoms with Crippen LogP contribution in [0.3, 0.4) is 0 Å². The van der Waals surface area contributed by atoms with Crippen LogP contribution in [0.5, 0.6) is 0 Å². The van der Waals surface area contributed by atoms with Crippen LogP contribution < -0.4 is 10.6 Å². The summed E-state index contributed by atoms with van der Waals surface area (Å²) >= 11 is 0. The first kappa shape index (κ1) is 15.9. The maximum atomic E-state index is 13.8. The summed E-state index contributed by atoms with van der Waals surface area (Å²) in [6, 6.07) is 13.0. The Morgan fingerprint density at radius 2 is 1.54 bits per heavy atom. The number of para-hydroxylation sites is 1. The van der Waals surface area contributed by atoms with E-state index in [0.29, 0.717) is 17.5 Å². The average Bonchev–Trinajstić information content (AvgIpc) is 2.50. The molecule has 6 heteroatoms. The molecule has 3 aromatic rings. The molecule has 2 aromatic carbocycles. The molecule has 0 fully saturated rings. The normalized spacial score (nSPS) is 10.5.